The summed E-state index contributed by atoms with van der Waals surface area (Å²) in [6.45, 7) is 8.64. The van der Waals surface area contributed by atoms with Crippen molar-refractivity contribution in [2.75, 3.05) is 19.8 Å². The van der Waals surface area contributed by atoms with Crippen LogP contribution in [0.1, 0.15) is 32.8 Å². The van der Waals surface area contributed by atoms with Gasteiger partial charge in [-0.25, -0.2) is 4.39 Å². The van der Waals surface area contributed by atoms with Crippen LogP contribution in [0.3, 0.4) is 0 Å². The third kappa shape index (κ3) is 5.01. The standard InChI is InChI=1S/C16H24FNO3/c1-5-18-16(4,15(19)20-6-2)9-10-21-14-8-7-13(17)11-12(14)3/h7-8,11,18H,5-6,9-10H2,1-4H3. The molecule has 0 heterocycles. The van der Waals surface area contributed by atoms with Crippen LogP contribution >= 0.6 is 0 Å². The number of benzene rings is 1. The van der Waals surface area contributed by atoms with E-state index in [1.54, 1.807) is 26.8 Å². The SMILES string of the molecule is CCNC(C)(CCOc1ccc(F)cc1C)C(=O)OCC. The van der Waals surface area contributed by atoms with Gasteiger partial charge in [0.2, 0.25) is 0 Å². The maximum absolute atomic E-state index is 13.0. The molecular weight excluding hydrogens is 273 g/mol. The molecule has 0 aromatic heterocycles. The zero-order chi connectivity index (χ0) is 15.9. The second kappa shape index (κ2) is 7.98. The number of aryl methyl sites for hydroxylation is 1. The molecule has 0 saturated carbocycles. The van der Waals surface area contributed by atoms with E-state index in [0.717, 1.165) is 5.56 Å². The molecule has 0 aliphatic heterocycles. The molecule has 0 bridgehead atoms. The lowest BCUT2D eigenvalue weighted by Crippen LogP contribution is -2.51. The van der Waals surface area contributed by atoms with Gasteiger partial charge in [0.05, 0.1) is 13.2 Å². The van der Waals surface area contributed by atoms with Crippen LogP contribution in [0, 0.1) is 12.7 Å². The summed E-state index contributed by atoms with van der Waals surface area (Å²) >= 11 is 0. The van der Waals surface area contributed by atoms with Gasteiger partial charge in [-0.3, -0.25) is 4.79 Å². The highest BCUT2D eigenvalue weighted by molar-refractivity contribution is 5.80. The summed E-state index contributed by atoms with van der Waals surface area (Å²) in [6.07, 6.45) is 0.469. The minimum Gasteiger partial charge on any atom is -0.493 e. The van der Waals surface area contributed by atoms with Gasteiger partial charge >= 0.3 is 5.97 Å². The Morgan fingerprint density at radius 2 is 2.10 bits per heavy atom. The van der Waals surface area contributed by atoms with Crippen molar-refractivity contribution in [1.82, 2.24) is 5.32 Å². The molecule has 118 valence electrons. The molecule has 0 aliphatic carbocycles. The first-order valence-electron chi connectivity index (χ1n) is 7.24. The fraction of sp³-hybridized carbons (Fsp3) is 0.562. The van der Waals surface area contributed by atoms with E-state index in [1.165, 1.54) is 12.1 Å². The number of likely N-dealkylation sites (N-methyl/N-ethyl adjacent to an activating group) is 1. The second-order valence-corrected chi connectivity index (χ2v) is 5.09. The maximum Gasteiger partial charge on any atom is 0.326 e. The number of ether oxygens (including phenoxy) is 2. The number of halogens is 1. The first kappa shape index (κ1) is 17.4. The number of carbonyl (C=O) groups is 1. The van der Waals surface area contributed by atoms with E-state index >= 15 is 0 Å². The Hall–Kier alpha value is -1.62. The average Bonchev–Trinajstić information content (AvgIpc) is 2.42. The Kier molecular flexibility index (Phi) is 6.62. The van der Waals surface area contributed by atoms with Gasteiger partial charge < -0.3 is 14.8 Å². The number of esters is 1. The van der Waals surface area contributed by atoms with Crippen molar-refractivity contribution >= 4 is 5.97 Å². The van der Waals surface area contributed by atoms with Crippen molar-refractivity contribution in [3.8, 4) is 5.75 Å². The molecule has 1 aromatic carbocycles. The molecule has 4 nitrogen and oxygen atoms in total. The zero-order valence-corrected chi connectivity index (χ0v) is 13.2. The highest BCUT2D eigenvalue weighted by Crippen LogP contribution is 2.20. The largest absolute Gasteiger partial charge is 0.493 e. The molecule has 0 amide bonds. The average molecular weight is 297 g/mol. The first-order valence-corrected chi connectivity index (χ1v) is 7.24. The number of hydrogen-bond donors (Lipinski definition) is 1. The molecule has 1 N–H and O–H groups in total. The second-order valence-electron chi connectivity index (χ2n) is 5.09. The lowest BCUT2D eigenvalue weighted by molar-refractivity contribution is -0.151. The lowest BCUT2D eigenvalue weighted by atomic mass is 9.98. The Morgan fingerprint density at radius 3 is 2.67 bits per heavy atom. The summed E-state index contributed by atoms with van der Waals surface area (Å²) in [5.41, 5.74) is -0.0464. The van der Waals surface area contributed by atoms with Gasteiger partial charge in [-0.05, 0) is 51.1 Å². The molecule has 0 fully saturated rings. The molecular formula is C16H24FNO3. The summed E-state index contributed by atoms with van der Waals surface area (Å²) in [4.78, 5) is 12.0. The summed E-state index contributed by atoms with van der Waals surface area (Å²) in [5, 5.41) is 3.14. The van der Waals surface area contributed by atoms with Gasteiger partial charge in [0.15, 0.2) is 0 Å². The van der Waals surface area contributed by atoms with Gasteiger partial charge in [0.1, 0.15) is 17.1 Å². The van der Waals surface area contributed by atoms with Crippen LogP contribution < -0.4 is 10.1 Å². The van der Waals surface area contributed by atoms with Crippen molar-refractivity contribution in [2.24, 2.45) is 0 Å². The Morgan fingerprint density at radius 1 is 1.38 bits per heavy atom. The van der Waals surface area contributed by atoms with Gasteiger partial charge in [-0.15, -0.1) is 0 Å². The van der Waals surface area contributed by atoms with Crippen molar-refractivity contribution in [3.63, 3.8) is 0 Å². The van der Waals surface area contributed by atoms with Crippen molar-refractivity contribution in [1.29, 1.82) is 0 Å². The van der Waals surface area contributed by atoms with Crippen LogP contribution in [0.4, 0.5) is 4.39 Å². The predicted octanol–water partition coefficient (Wildman–Crippen LogP) is 2.83. The molecule has 0 aliphatic rings. The van der Waals surface area contributed by atoms with E-state index in [0.29, 0.717) is 31.9 Å². The normalized spacial score (nSPS) is 13.6. The van der Waals surface area contributed by atoms with Gasteiger partial charge in [-0.1, -0.05) is 6.92 Å². The van der Waals surface area contributed by atoms with Crippen LogP contribution in [-0.2, 0) is 9.53 Å². The van der Waals surface area contributed by atoms with Crippen molar-refractivity contribution in [2.45, 2.75) is 39.7 Å². The topological polar surface area (TPSA) is 47.6 Å². The van der Waals surface area contributed by atoms with Gasteiger partial charge in [0, 0.05) is 6.42 Å². The molecule has 1 rings (SSSR count). The third-order valence-corrected chi connectivity index (χ3v) is 3.29. The van der Waals surface area contributed by atoms with E-state index in [4.69, 9.17) is 9.47 Å². The number of rotatable bonds is 8. The number of hydrogen-bond acceptors (Lipinski definition) is 4. The summed E-state index contributed by atoms with van der Waals surface area (Å²) in [5.74, 6) is 0.0502. The first-order chi connectivity index (χ1) is 9.92. The maximum atomic E-state index is 13.0. The molecule has 1 aromatic rings. The fourth-order valence-electron chi connectivity index (χ4n) is 2.08. The molecule has 21 heavy (non-hydrogen) atoms. The smallest absolute Gasteiger partial charge is 0.326 e. The van der Waals surface area contributed by atoms with Crippen LogP contribution in [0.5, 0.6) is 5.75 Å². The molecule has 0 radical (unpaired) electrons. The van der Waals surface area contributed by atoms with Crippen molar-refractivity contribution in [3.05, 3.63) is 29.6 Å². The van der Waals surface area contributed by atoms with Gasteiger partial charge in [0.25, 0.3) is 0 Å². The van der Waals surface area contributed by atoms with E-state index < -0.39 is 5.54 Å². The number of carbonyl (C=O) groups excluding carboxylic acids is 1. The summed E-state index contributed by atoms with van der Waals surface area (Å²) in [7, 11) is 0. The van der Waals surface area contributed by atoms with Gasteiger partial charge in [-0.2, -0.15) is 0 Å². The molecule has 1 atom stereocenters. The summed E-state index contributed by atoms with van der Waals surface area (Å²) < 4.78 is 23.8. The van der Waals surface area contributed by atoms with Crippen LogP contribution in [-0.4, -0.2) is 31.3 Å². The molecule has 1 unspecified atom stereocenters. The van der Waals surface area contributed by atoms with E-state index in [2.05, 4.69) is 5.32 Å². The summed E-state index contributed by atoms with van der Waals surface area (Å²) in [6, 6.07) is 4.38. The molecule has 0 saturated heterocycles. The monoisotopic (exact) mass is 297 g/mol. The fourth-order valence-corrected chi connectivity index (χ4v) is 2.08. The van der Waals surface area contributed by atoms with Crippen LogP contribution in [0.2, 0.25) is 0 Å². The lowest BCUT2D eigenvalue weighted by Gasteiger charge is -2.28. The van der Waals surface area contributed by atoms with E-state index in [9.17, 15) is 9.18 Å². The van der Waals surface area contributed by atoms with E-state index in [1.807, 2.05) is 6.92 Å². The van der Waals surface area contributed by atoms with Crippen molar-refractivity contribution < 1.29 is 18.7 Å². The predicted molar refractivity (Wildman–Crippen MR) is 80.0 cm³/mol. The minimum absolute atomic E-state index is 0.286. The molecule has 0 spiro atoms. The minimum atomic E-state index is -0.779. The molecule has 5 heteroatoms. The highest BCUT2D eigenvalue weighted by Gasteiger charge is 2.33. The number of nitrogens with one attached hydrogen (secondary N) is 1. The zero-order valence-electron chi connectivity index (χ0n) is 13.2. The van der Waals surface area contributed by atoms with Crippen LogP contribution in [0.25, 0.3) is 0 Å². The Balaban J connectivity index is 2.63. The highest BCUT2D eigenvalue weighted by atomic mass is 19.1. The third-order valence-electron chi connectivity index (χ3n) is 3.29. The van der Waals surface area contributed by atoms with E-state index in [-0.39, 0.29) is 11.8 Å². The quantitative estimate of drug-likeness (QED) is 0.750. The van der Waals surface area contributed by atoms with Crippen LogP contribution in [0.15, 0.2) is 18.2 Å². The Labute approximate surface area is 125 Å². The Bertz CT molecular complexity index is 479.